The lowest BCUT2D eigenvalue weighted by Gasteiger charge is -2.33. The molecule has 1 saturated carbocycles. The fraction of sp³-hybridized carbons (Fsp3) is 0.524. The minimum atomic E-state index is -0.0322. The molecular weight excluding hydrogens is 358 g/mol. The van der Waals surface area contributed by atoms with Crippen molar-refractivity contribution in [3.8, 4) is 0 Å². The highest BCUT2D eigenvalue weighted by Gasteiger charge is 2.36. The molecule has 6 heteroatoms. The molecule has 27 heavy (non-hydrogen) atoms. The van der Waals surface area contributed by atoms with Gasteiger partial charge in [0.25, 0.3) is 5.91 Å². The van der Waals surface area contributed by atoms with Crippen LogP contribution in [0.25, 0.3) is 0 Å². The molecule has 1 atom stereocenters. The summed E-state index contributed by atoms with van der Waals surface area (Å²) in [5, 5.41) is 8.45. The SMILES string of the molecule is CC(C)N(CC(=O)N1N=C(c2ccco2)CC1c1cccs1)C1CCCC1. The highest BCUT2D eigenvalue weighted by atomic mass is 32.1. The van der Waals surface area contributed by atoms with E-state index in [0.717, 1.165) is 11.5 Å². The van der Waals surface area contributed by atoms with E-state index in [4.69, 9.17) is 9.52 Å². The predicted octanol–water partition coefficient (Wildman–Crippen LogP) is 4.67. The first-order valence-corrected chi connectivity index (χ1v) is 10.7. The third-order valence-electron chi connectivity index (χ3n) is 5.62. The summed E-state index contributed by atoms with van der Waals surface area (Å²) >= 11 is 1.68. The van der Waals surface area contributed by atoms with Gasteiger partial charge in [0.2, 0.25) is 0 Å². The lowest BCUT2D eigenvalue weighted by atomic mass is 10.1. The second-order valence-corrected chi connectivity index (χ2v) is 8.68. The number of rotatable bonds is 6. The number of hydrogen-bond acceptors (Lipinski definition) is 5. The fourth-order valence-corrected chi connectivity index (χ4v) is 5.04. The number of nitrogens with zero attached hydrogens (tertiary/aromatic N) is 3. The quantitative estimate of drug-likeness (QED) is 0.726. The van der Waals surface area contributed by atoms with Gasteiger partial charge in [-0.2, -0.15) is 5.10 Å². The molecule has 0 aromatic carbocycles. The zero-order valence-electron chi connectivity index (χ0n) is 16.0. The van der Waals surface area contributed by atoms with Crippen molar-refractivity contribution in [1.82, 2.24) is 9.91 Å². The van der Waals surface area contributed by atoms with Crippen LogP contribution in [0.15, 0.2) is 45.4 Å². The van der Waals surface area contributed by atoms with Crippen molar-refractivity contribution >= 4 is 23.0 Å². The second kappa shape index (κ2) is 7.98. The molecular formula is C21H27N3O2S. The summed E-state index contributed by atoms with van der Waals surface area (Å²) in [6.45, 7) is 4.80. The normalized spacial score (nSPS) is 20.8. The average Bonchev–Trinajstić information content (AvgIpc) is 3.45. The van der Waals surface area contributed by atoms with E-state index in [1.807, 2.05) is 18.2 Å². The Balaban J connectivity index is 1.56. The molecule has 2 aromatic heterocycles. The number of hydrazone groups is 1. The molecule has 1 fully saturated rings. The van der Waals surface area contributed by atoms with Crippen molar-refractivity contribution < 1.29 is 9.21 Å². The molecule has 1 aliphatic carbocycles. The number of amides is 1. The Hall–Kier alpha value is -1.92. The molecule has 0 bridgehead atoms. The fourth-order valence-electron chi connectivity index (χ4n) is 4.23. The highest BCUT2D eigenvalue weighted by Crippen LogP contribution is 2.35. The van der Waals surface area contributed by atoms with Crippen LogP contribution in [0, 0.1) is 0 Å². The Morgan fingerprint density at radius 3 is 2.78 bits per heavy atom. The van der Waals surface area contributed by atoms with Crippen LogP contribution in [0.3, 0.4) is 0 Å². The molecule has 4 rings (SSSR count). The van der Waals surface area contributed by atoms with Crippen LogP contribution >= 0.6 is 11.3 Å². The topological polar surface area (TPSA) is 49.1 Å². The third-order valence-corrected chi connectivity index (χ3v) is 6.59. The van der Waals surface area contributed by atoms with E-state index in [9.17, 15) is 4.79 Å². The van der Waals surface area contributed by atoms with E-state index in [-0.39, 0.29) is 11.9 Å². The van der Waals surface area contributed by atoms with E-state index in [2.05, 4.69) is 30.2 Å². The molecule has 2 aromatic rings. The standard InChI is InChI=1S/C21H27N3O2S/c1-15(2)23(16-7-3-4-8-16)14-21(25)24-18(20-10-6-12-27-20)13-17(22-24)19-9-5-11-26-19/h5-6,9-12,15-16,18H,3-4,7-8,13-14H2,1-2H3. The van der Waals surface area contributed by atoms with E-state index in [1.54, 1.807) is 22.6 Å². The van der Waals surface area contributed by atoms with Gasteiger partial charge in [0.15, 0.2) is 0 Å². The summed E-state index contributed by atoms with van der Waals surface area (Å²) < 4.78 is 5.54. The number of carbonyl (C=O) groups excluding carboxylic acids is 1. The van der Waals surface area contributed by atoms with Gasteiger partial charge < -0.3 is 4.42 Å². The molecule has 3 heterocycles. The minimum Gasteiger partial charge on any atom is -0.463 e. The molecule has 1 amide bonds. The Bertz CT molecular complexity index is 776. The van der Waals surface area contributed by atoms with Crippen LogP contribution in [-0.4, -0.2) is 40.2 Å². The van der Waals surface area contributed by atoms with Crippen molar-refractivity contribution in [2.45, 2.75) is 64.1 Å². The third kappa shape index (κ3) is 3.87. The first kappa shape index (κ1) is 18.4. The minimum absolute atomic E-state index is 0.0322. The van der Waals surface area contributed by atoms with Crippen molar-refractivity contribution in [2.24, 2.45) is 5.10 Å². The Morgan fingerprint density at radius 2 is 2.15 bits per heavy atom. The average molecular weight is 386 g/mol. The summed E-state index contributed by atoms with van der Waals surface area (Å²) in [5.41, 5.74) is 0.851. The van der Waals surface area contributed by atoms with Crippen molar-refractivity contribution in [3.63, 3.8) is 0 Å². The van der Waals surface area contributed by atoms with Crippen LogP contribution in [0.5, 0.6) is 0 Å². The summed E-state index contributed by atoms with van der Waals surface area (Å²) in [6, 6.07) is 8.74. The summed E-state index contributed by atoms with van der Waals surface area (Å²) in [5.74, 6) is 0.832. The van der Waals surface area contributed by atoms with Gasteiger partial charge in [-0.05, 0) is 50.3 Å². The van der Waals surface area contributed by atoms with Gasteiger partial charge in [-0.1, -0.05) is 18.9 Å². The van der Waals surface area contributed by atoms with Gasteiger partial charge in [-0.25, -0.2) is 5.01 Å². The largest absolute Gasteiger partial charge is 0.463 e. The maximum atomic E-state index is 13.3. The summed E-state index contributed by atoms with van der Waals surface area (Å²) in [6.07, 6.45) is 7.28. The van der Waals surface area contributed by atoms with Crippen LogP contribution < -0.4 is 0 Å². The van der Waals surface area contributed by atoms with Gasteiger partial charge in [0.1, 0.15) is 11.5 Å². The first-order chi connectivity index (χ1) is 13.1. The molecule has 144 valence electrons. The smallest absolute Gasteiger partial charge is 0.257 e. The van der Waals surface area contributed by atoms with E-state index in [0.29, 0.717) is 25.0 Å². The molecule has 0 saturated heterocycles. The van der Waals surface area contributed by atoms with Crippen molar-refractivity contribution in [1.29, 1.82) is 0 Å². The number of thiophene rings is 1. The molecule has 2 aliphatic rings. The molecule has 5 nitrogen and oxygen atoms in total. The van der Waals surface area contributed by atoms with Gasteiger partial charge >= 0.3 is 0 Å². The van der Waals surface area contributed by atoms with Crippen LogP contribution in [0.1, 0.15) is 62.6 Å². The molecule has 0 spiro atoms. The van der Waals surface area contributed by atoms with Crippen molar-refractivity contribution in [2.75, 3.05) is 6.54 Å². The summed E-state index contributed by atoms with van der Waals surface area (Å²) in [4.78, 5) is 16.8. The molecule has 1 unspecified atom stereocenters. The Labute approximate surface area is 164 Å². The highest BCUT2D eigenvalue weighted by molar-refractivity contribution is 7.10. The van der Waals surface area contributed by atoms with E-state index in [1.165, 1.54) is 30.6 Å². The van der Waals surface area contributed by atoms with Gasteiger partial charge in [0.05, 0.1) is 18.8 Å². The van der Waals surface area contributed by atoms with Crippen molar-refractivity contribution in [3.05, 3.63) is 46.5 Å². The Morgan fingerprint density at radius 1 is 1.33 bits per heavy atom. The van der Waals surface area contributed by atoms with Gasteiger partial charge in [-0.15, -0.1) is 11.3 Å². The number of furan rings is 1. The first-order valence-electron chi connectivity index (χ1n) is 9.86. The van der Waals surface area contributed by atoms with Crippen LogP contribution in [0.4, 0.5) is 0 Å². The van der Waals surface area contributed by atoms with Gasteiger partial charge in [-0.3, -0.25) is 9.69 Å². The Kier molecular flexibility index (Phi) is 5.45. The van der Waals surface area contributed by atoms with Crippen LogP contribution in [0.2, 0.25) is 0 Å². The predicted molar refractivity (Wildman–Crippen MR) is 108 cm³/mol. The van der Waals surface area contributed by atoms with Crippen LogP contribution in [-0.2, 0) is 4.79 Å². The molecule has 1 aliphatic heterocycles. The zero-order chi connectivity index (χ0) is 18.8. The lowest BCUT2D eigenvalue weighted by molar-refractivity contribution is -0.135. The number of hydrogen-bond donors (Lipinski definition) is 0. The molecule has 0 N–H and O–H groups in total. The second-order valence-electron chi connectivity index (χ2n) is 7.70. The van der Waals surface area contributed by atoms with E-state index >= 15 is 0 Å². The molecule has 0 radical (unpaired) electrons. The maximum Gasteiger partial charge on any atom is 0.257 e. The lowest BCUT2D eigenvalue weighted by Crippen LogP contribution is -2.45. The summed E-state index contributed by atoms with van der Waals surface area (Å²) in [7, 11) is 0. The monoisotopic (exact) mass is 385 g/mol. The van der Waals surface area contributed by atoms with E-state index < -0.39 is 0 Å². The number of carbonyl (C=O) groups is 1. The van der Waals surface area contributed by atoms with Gasteiger partial charge in [0, 0.05) is 23.4 Å². The maximum absolute atomic E-state index is 13.3. The zero-order valence-corrected chi connectivity index (χ0v) is 16.8.